The minimum atomic E-state index is 0.564. The first-order chi connectivity index (χ1) is 7.36. The summed E-state index contributed by atoms with van der Waals surface area (Å²) in [6.07, 6.45) is 5.17. The number of hydrogen-bond acceptors (Lipinski definition) is 5. The minimum Gasteiger partial charge on any atom is -0.477 e. The maximum atomic E-state index is 5.39. The number of nitrogens with two attached hydrogens (primary N) is 1. The molecule has 0 atom stereocenters. The number of nitrogens with zero attached hydrogens (tertiary/aromatic N) is 2. The van der Waals surface area contributed by atoms with Crippen molar-refractivity contribution < 1.29 is 4.74 Å². The van der Waals surface area contributed by atoms with Gasteiger partial charge in [-0.25, -0.2) is 0 Å². The van der Waals surface area contributed by atoms with E-state index in [0.717, 1.165) is 25.2 Å². The van der Waals surface area contributed by atoms with Crippen molar-refractivity contribution in [2.24, 2.45) is 5.73 Å². The van der Waals surface area contributed by atoms with E-state index in [0.29, 0.717) is 19.0 Å². The summed E-state index contributed by atoms with van der Waals surface area (Å²) in [5.41, 5.74) is 5.39. The summed E-state index contributed by atoms with van der Waals surface area (Å²) in [4.78, 5) is 8.28. The van der Waals surface area contributed by atoms with Crippen molar-refractivity contribution in [3.8, 4) is 5.88 Å². The fraction of sp³-hybridized carbons (Fsp3) is 0.600. The van der Waals surface area contributed by atoms with Crippen LogP contribution in [-0.2, 0) is 0 Å². The molecule has 0 amide bonds. The van der Waals surface area contributed by atoms with Crippen LogP contribution in [0.3, 0.4) is 0 Å². The van der Waals surface area contributed by atoms with Crippen LogP contribution in [0.5, 0.6) is 5.88 Å². The summed E-state index contributed by atoms with van der Waals surface area (Å²) in [7, 11) is 0. The van der Waals surface area contributed by atoms with E-state index in [1.54, 1.807) is 12.4 Å². The Kier molecular flexibility index (Phi) is 5.47. The van der Waals surface area contributed by atoms with Gasteiger partial charge in [0, 0.05) is 6.54 Å². The summed E-state index contributed by atoms with van der Waals surface area (Å²) in [5, 5.41) is 3.13. The molecule has 1 rings (SSSR count). The van der Waals surface area contributed by atoms with Gasteiger partial charge in [-0.15, -0.1) is 0 Å². The van der Waals surface area contributed by atoms with Gasteiger partial charge < -0.3 is 15.8 Å². The molecule has 3 N–H and O–H groups in total. The topological polar surface area (TPSA) is 73.1 Å². The molecule has 1 aromatic rings. The standard InChI is InChI=1S/C10H18N4O/c1-2-6-15-10-8-12-7-9(14-10)13-5-3-4-11/h7-8H,2-6,11H2,1H3,(H,13,14). The molecule has 0 fully saturated rings. The maximum Gasteiger partial charge on any atom is 0.234 e. The zero-order valence-corrected chi connectivity index (χ0v) is 9.07. The van der Waals surface area contributed by atoms with E-state index in [1.807, 2.05) is 0 Å². The van der Waals surface area contributed by atoms with E-state index >= 15 is 0 Å². The Morgan fingerprint density at radius 2 is 2.33 bits per heavy atom. The molecule has 84 valence electrons. The molecule has 0 bridgehead atoms. The van der Waals surface area contributed by atoms with Crippen LogP contribution >= 0.6 is 0 Å². The van der Waals surface area contributed by atoms with E-state index in [2.05, 4.69) is 22.2 Å². The zero-order valence-electron chi connectivity index (χ0n) is 9.07. The van der Waals surface area contributed by atoms with Gasteiger partial charge in [-0.1, -0.05) is 6.92 Å². The molecule has 0 unspecified atom stereocenters. The molecule has 0 aliphatic rings. The Bertz CT molecular complexity index is 280. The fourth-order valence-corrected chi connectivity index (χ4v) is 1.03. The van der Waals surface area contributed by atoms with Crippen LogP contribution < -0.4 is 15.8 Å². The molecule has 0 saturated carbocycles. The second kappa shape index (κ2) is 7.00. The molecule has 0 saturated heterocycles. The normalized spacial score (nSPS) is 10.0. The van der Waals surface area contributed by atoms with Gasteiger partial charge in [0.05, 0.1) is 19.0 Å². The lowest BCUT2D eigenvalue weighted by atomic mass is 10.4. The van der Waals surface area contributed by atoms with Gasteiger partial charge in [0.15, 0.2) is 0 Å². The van der Waals surface area contributed by atoms with Crippen LogP contribution in [0.4, 0.5) is 5.82 Å². The number of rotatable bonds is 7. The quantitative estimate of drug-likeness (QED) is 0.657. The first-order valence-corrected chi connectivity index (χ1v) is 5.25. The molecular formula is C10H18N4O. The van der Waals surface area contributed by atoms with Crippen molar-refractivity contribution in [3.05, 3.63) is 12.4 Å². The Hall–Kier alpha value is -1.36. The minimum absolute atomic E-state index is 0.564. The van der Waals surface area contributed by atoms with Crippen LogP contribution in [0.25, 0.3) is 0 Å². The second-order valence-electron chi connectivity index (χ2n) is 3.16. The summed E-state index contributed by atoms with van der Waals surface area (Å²) >= 11 is 0. The summed E-state index contributed by atoms with van der Waals surface area (Å²) < 4.78 is 5.36. The van der Waals surface area contributed by atoms with E-state index < -0.39 is 0 Å². The highest BCUT2D eigenvalue weighted by molar-refractivity contribution is 5.32. The largest absolute Gasteiger partial charge is 0.477 e. The van der Waals surface area contributed by atoms with Crippen LogP contribution in [-0.4, -0.2) is 29.7 Å². The third kappa shape index (κ3) is 4.60. The lowest BCUT2D eigenvalue weighted by Crippen LogP contribution is -2.10. The van der Waals surface area contributed by atoms with Gasteiger partial charge in [-0.05, 0) is 19.4 Å². The summed E-state index contributed by atoms with van der Waals surface area (Å²) in [6, 6.07) is 0. The lowest BCUT2D eigenvalue weighted by molar-refractivity contribution is 0.304. The molecule has 0 aromatic carbocycles. The number of hydrogen-bond donors (Lipinski definition) is 2. The molecule has 0 radical (unpaired) electrons. The number of ether oxygens (including phenoxy) is 1. The summed E-state index contributed by atoms with van der Waals surface area (Å²) in [5.74, 6) is 1.30. The van der Waals surface area contributed by atoms with Gasteiger partial charge in [-0.3, -0.25) is 4.98 Å². The predicted octanol–water partition coefficient (Wildman–Crippen LogP) is 1.03. The zero-order chi connectivity index (χ0) is 10.9. The Labute approximate surface area is 90.1 Å². The van der Waals surface area contributed by atoms with Crippen LogP contribution in [0.2, 0.25) is 0 Å². The fourth-order valence-electron chi connectivity index (χ4n) is 1.03. The first-order valence-electron chi connectivity index (χ1n) is 5.25. The lowest BCUT2D eigenvalue weighted by Gasteiger charge is -2.06. The first kappa shape index (κ1) is 11.7. The average molecular weight is 210 g/mol. The predicted molar refractivity (Wildman–Crippen MR) is 60.0 cm³/mol. The smallest absolute Gasteiger partial charge is 0.234 e. The monoisotopic (exact) mass is 210 g/mol. The number of anilines is 1. The highest BCUT2D eigenvalue weighted by atomic mass is 16.5. The SMILES string of the molecule is CCCOc1cncc(NCCCN)n1. The van der Waals surface area contributed by atoms with Crippen molar-refractivity contribution in [1.82, 2.24) is 9.97 Å². The molecule has 5 heteroatoms. The van der Waals surface area contributed by atoms with Crippen LogP contribution in [0.15, 0.2) is 12.4 Å². The number of nitrogens with one attached hydrogen (secondary N) is 1. The molecule has 5 nitrogen and oxygen atoms in total. The highest BCUT2D eigenvalue weighted by Crippen LogP contribution is 2.08. The Balaban J connectivity index is 2.42. The second-order valence-corrected chi connectivity index (χ2v) is 3.16. The van der Waals surface area contributed by atoms with Gasteiger partial charge in [0.2, 0.25) is 5.88 Å². The van der Waals surface area contributed by atoms with Crippen molar-refractivity contribution in [1.29, 1.82) is 0 Å². The third-order valence-electron chi connectivity index (χ3n) is 1.75. The van der Waals surface area contributed by atoms with Gasteiger partial charge >= 0.3 is 0 Å². The maximum absolute atomic E-state index is 5.39. The van der Waals surface area contributed by atoms with Crippen LogP contribution in [0.1, 0.15) is 19.8 Å². The van der Waals surface area contributed by atoms with E-state index in [1.165, 1.54) is 0 Å². The molecule has 0 aliphatic heterocycles. The van der Waals surface area contributed by atoms with Crippen molar-refractivity contribution in [2.75, 3.05) is 25.0 Å². The molecule has 15 heavy (non-hydrogen) atoms. The molecule has 0 aliphatic carbocycles. The van der Waals surface area contributed by atoms with Crippen LogP contribution in [0, 0.1) is 0 Å². The van der Waals surface area contributed by atoms with E-state index in [-0.39, 0.29) is 0 Å². The Morgan fingerprint density at radius 1 is 1.47 bits per heavy atom. The molecule has 1 aromatic heterocycles. The van der Waals surface area contributed by atoms with Crippen molar-refractivity contribution in [2.45, 2.75) is 19.8 Å². The van der Waals surface area contributed by atoms with Gasteiger partial charge in [0.25, 0.3) is 0 Å². The van der Waals surface area contributed by atoms with E-state index in [9.17, 15) is 0 Å². The van der Waals surface area contributed by atoms with E-state index in [4.69, 9.17) is 10.5 Å². The van der Waals surface area contributed by atoms with Crippen molar-refractivity contribution in [3.63, 3.8) is 0 Å². The number of aromatic nitrogens is 2. The summed E-state index contributed by atoms with van der Waals surface area (Å²) in [6.45, 7) is 4.20. The van der Waals surface area contributed by atoms with Crippen molar-refractivity contribution >= 4 is 5.82 Å². The Morgan fingerprint density at radius 3 is 3.07 bits per heavy atom. The molecular weight excluding hydrogens is 192 g/mol. The van der Waals surface area contributed by atoms with Gasteiger partial charge in [-0.2, -0.15) is 4.98 Å². The van der Waals surface area contributed by atoms with Gasteiger partial charge in [0.1, 0.15) is 5.82 Å². The highest BCUT2D eigenvalue weighted by Gasteiger charge is 1.98. The molecule has 0 spiro atoms. The molecule has 1 heterocycles. The third-order valence-corrected chi connectivity index (χ3v) is 1.75. The average Bonchev–Trinajstić information content (AvgIpc) is 2.27.